The van der Waals surface area contributed by atoms with E-state index in [9.17, 15) is 10.1 Å². The van der Waals surface area contributed by atoms with Gasteiger partial charge in [-0.1, -0.05) is 6.07 Å². The van der Waals surface area contributed by atoms with E-state index in [1.165, 1.54) is 20.0 Å². The number of hydrogen-bond donors (Lipinski definition) is 0. The van der Waals surface area contributed by atoms with Gasteiger partial charge in [-0.05, 0) is 68.1 Å². The summed E-state index contributed by atoms with van der Waals surface area (Å²) in [6.07, 6.45) is 6.10. The molecule has 2 fully saturated rings. The molecule has 0 bridgehead atoms. The maximum absolute atomic E-state index is 11.5. The topological polar surface area (TPSA) is 68.6 Å². The van der Waals surface area contributed by atoms with Gasteiger partial charge in [0.15, 0.2) is 11.5 Å². The van der Waals surface area contributed by atoms with Crippen LogP contribution >= 0.6 is 0 Å². The molecule has 26 heavy (non-hydrogen) atoms. The molecule has 0 aliphatic heterocycles. The quantitative estimate of drug-likeness (QED) is 0.690. The Morgan fingerprint density at radius 3 is 2.46 bits per heavy atom. The van der Waals surface area contributed by atoms with Crippen LogP contribution in [0.25, 0.3) is 0 Å². The van der Waals surface area contributed by atoms with Crippen LogP contribution in [0.15, 0.2) is 18.2 Å². The van der Waals surface area contributed by atoms with Crippen LogP contribution in [0.1, 0.15) is 50.5 Å². The van der Waals surface area contributed by atoms with Gasteiger partial charge < -0.3 is 14.2 Å². The van der Waals surface area contributed by atoms with E-state index in [1.54, 1.807) is 7.11 Å². The highest BCUT2D eigenvalue weighted by molar-refractivity contribution is 5.69. The third-order valence-corrected chi connectivity index (χ3v) is 5.74. The van der Waals surface area contributed by atoms with Crippen molar-refractivity contribution in [2.45, 2.75) is 50.4 Å². The molecule has 5 heteroatoms. The summed E-state index contributed by atoms with van der Waals surface area (Å²) in [5.41, 5.74) is 0.472. The Morgan fingerprint density at radius 2 is 1.88 bits per heavy atom. The zero-order chi connectivity index (χ0) is 18.6. The first kappa shape index (κ1) is 18.6. The molecule has 2 saturated carbocycles. The number of esters is 1. The second-order valence-electron chi connectivity index (χ2n) is 7.54. The summed E-state index contributed by atoms with van der Waals surface area (Å²) >= 11 is 0. The molecule has 0 N–H and O–H groups in total. The molecule has 3 rings (SSSR count). The van der Waals surface area contributed by atoms with Crippen LogP contribution < -0.4 is 9.47 Å². The summed E-state index contributed by atoms with van der Waals surface area (Å²) in [6, 6.07) is 8.41. The lowest BCUT2D eigenvalue weighted by Crippen LogP contribution is -2.31. The van der Waals surface area contributed by atoms with Crippen LogP contribution in [0, 0.1) is 23.2 Å². The predicted molar refractivity (Wildman–Crippen MR) is 97.1 cm³/mol. The van der Waals surface area contributed by atoms with Crippen molar-refractivity contribution < 1.29 is 19.0 Å². The van der Waals surface area contributed by atoms with Gasteiger partial charge in [0.2, 0.25) is 0 Å². The van der Waals surface area contributed by atoms with Gasteiger partial charge in [0.1, 0.15) is 0 Å². The number of carbonyl (C=O) groups excluding carboxylic acids is 1. The Hall–Kier alpha value is -2.22. The molecule has 1 aromatic rings. The number of rotatable bonds is 7. The van der Waals surface area contributed by atoms with Crippen LogP contribution in [0.4, 0.5) is 0 Å². The normalized spacial score (nSPS) is 25.2. The van der Waals surface area contributed by atoms with Crippen molar-refractivity contribution in [2.24, 2.45) is 11.8 Å². The monoisotopic (exact) mass is 357 g/mol. The van der Waals surface area contributed by atoms with Crippen molar-refractivity contribution in [1.82, 2.24) is 0 Å². The minimum atomic E-state index is -0.517. The zero-order valence-corrected chi connectivity index (χ0v) is 15.6. The molecule has 5 nitrogen and oxygen atoms in total. The highest BCUT2D eigenvalue weighted by Gasteiger charge is 2.38. The van der Waals surface area contributed by atoms with Crippen LogP contribution in [0.3, 0.4) is 0 Å². The van der Waals surface area contributed by atoms with Gasteiger partial charge in [0, 0.05) is 6.42 Å². The Kier molecular flexibility index (Phi) is 5.70. The van der Waals surface area contributed by atoms with E-state index in [2.05, 4.69) is 6.07 Å². The zero-order valence-electron chi connectivity index (χ0n) is 15.6. The molecule has 0 unspecified atom stereocenters. The van der Waals surface area contributed by atoms with Gasteiger partial charge in [-0.25, -0.2) is 0 Å². The summed E-state index contributed by atoms with van der Waals surface area (Å²) in [7, 11) is 3.06. The van der Waals surface area contributed by atoms with Crippen molar-refractivity contribution in [1.29, 1.82) is 5.26 Å². The smallest absolute Gasteiger partial charge is 0.305 e. The average Bonchev–Trinajstić information content (AvgIpc) is 3.51. The van der Waals surface area contributed by atoms with E-state index in [0.29, 0.717) is 30.6 Å². The van der Waals surface area contributed by atoms with Gasteiger partial charge >= 0.3 is 5.97 Å². The first-order valence-electron chi connectivity index (χ1n) is 9.39. The molecule has 0 saturated heterocycles. The number of carbonyl (C=O) groups is 1. The molecule has 140 valence electrons. The molecule has 0 heterocycles. The maximum Gasteiger partial charge on any atom is 0.305 e. The minimum Gasteiger partial charge on any atom is -0.493 e. The van der Waals surface area contributed by atoms with E-state index in [1.807, 2.05) is 18.2 Å². The van der Waals surface area contributed by atoms with E-state index in [-0.39, 0.29) is 5.97 Å². The lowest BCUT2D eigenvalue weighted by molar-refractivity contribution is -0.142. The third kappa shape index (κ3) is 4.12. The third-order valence-electron chi connectivity index (χ3n) is 5.74. The Balaban J connectivity index is 1.74. The number of methoxy groups -OCH3 is 2. The van der Waals surface area contributed by atoms with Crippen molar-refractivity contribution in [3.63, 3.8) is 0 Å². The molecule has 2 aliphatic rings. The van der Waals surface area contributed by atoms with Crippen LogP contribution in [-0.4, -0.2) is 26.8 Å². The number of benzene rings is 1. The first-order chi connectivity index (χ1) is 12.6. The molecule has 0 aromatic heterocycles. The van der Waals surface area contributed by atoms with E-state index in [0.717, 1.165) is 37.0 Å². The number of nitriles is 1. The van der Waals surface area contributed by atoms with Crippen LogP contribution in [0.5, 0.6) is 11.5 Å². The van der Waals surface area contributed by atoms with Gasteiger partial charge in [0.05, 0.1) is 32.3 Å². The van der Waals surface area contributed by atoms with Crippen LogP contribution in [-0.2, 0) is 14.9 Å². The summed E-state index contributed by atoms with van der Waals surface area (Å²) in [4.78, 5) is 11.5. The van der Waals surface area contributed by atoms with Gasteiger partial charge in [-0.15, -0.1) is 0 Å². The molecular formula is C21H27NO4. The fraction of sp³-hybridized carbons (Fsp3) is 0.619. The largest absolute Gasteiger partial charge is 0.493 e. The van der Waals surface area contributed by atoms with Gasteiger partial charge in [-0.2, -0.15) is 5.26 Å². The van der Waals surface area contributed by atoms with Crippen molar-refractivity contribution in [3.05, 3.63) is 23.8 Å². The van der Waals surface area contributed by atoms with E-state index in [4.69, 9.17) is 14.2 Å². The predicted octanol–water partition coefficient (Wildman–Crippen LogP) is 4.00. The number of ether oxygens (including phenoxy) is 3. The lowest BCUT2D eigenvalue weighted by atomic mass is 9.67. The number of nitrogens with zero attached hydrogens (tertiary/aromatic N) is 1. The molecule has 0 amide bonds. The van der Waals surface area contributed by atoms with Gasteiger partial charge in [-0.3, -0.25) is 4.79 Å². The van der Waals surface area contributed by atoms with Crippen molar-refractivity contribution >= 4 is 5.97 Å². The Morgan fingerprint density at radius 1 is 1.15 bits per heavy atom. The second-order valence-corrected chi connectivity index (χ2v) is 7.54. The minimum absolute atomic E-state index is 0.167. The summed E-state index contributed by atoms with van der Waals surface area (Å²) < 4.78 is 16.2. The highest BCUT2D eigenvalue weighted by Crippen LogP contribution is 2.44. The Bertz CT molecular complexity index is 682. The standard InChI is InChI=1S/C21H27NO4/c1-24-18-6-5-17(12-19(18)26-13-16-3-4-16)21(14-22)9-7-15(8-10-21)11-20(23)25-2/h5-6,12,15-16H,3-4,7-11,13H2,1-2H3. The maximum atomic E-state index is 11.5. The molecule has 0 atom stereocenters. The second kappa shape index (κ2) is 7.99. The molecule has 0 radical (unpaired) electrons. The van der Waals surface area contributed by atoms with Crippen molar-refractivity contribution in [2.75, 3.05) is 20.8 Å². The molecule has 2 aliphatic carbocycles. The van der Waals surface area contributed by atoms with E-state index < -0.39 is 5.41 Å². The van der Waals surface area contributed by atoms with Gasteiger partial charge in [0.25, 0.3) is 0 Å². The summed E-state index contributed by atoms with van der Waals surface area (Å²) in [5, 5.41) is 9.94. The summed E-state index contributed by atoms with van der Waals surface area (Å²) in [6.45, 7) is 0.709. The molecule has 1 aromatic carbocycles. The molecular weight excluding hydrogens is 330 g/mol. The average molecular weight is 357 g/mol. The first-order valence-corrected chi connectivity index (χ1v) is 9.39. The number of hydrogen-bond acceptors (Lipinski definition) is 5. The SMILES string of the molecule is COC(=O)CC1CCC(C#N)(c2ccc(OC)c(OCC3CC3)c2)CC1. The lowest BCUT2D eigenvalue weighted by Gasteiger charge is -2.35. The highest BCUT2D eigenvalue weighted by atomic mass is 16.5. The Labute approximate surface area is 155 Å². The fourth-order valence-corrected chi connectivity index (χ4v) is 3.74. The summed E-state index contributed by atoms with van der Waals surface area (Å²) in [5.74, 6) is 2.22. The van der Waals surface area contributed by atoms with Crippen LogP contribution in [0.2, 0.25) is 0 Å². The van der Waals surface area contributed by atoms with Crippen molar-refractivity contribution in [3.8, 4) is 17.6 Å². The van der Waals surface area contributed by atoms with E-state index >= 15 is 0 Å². The molecule has 0 spiro atoms. The fourth-order valence-electron chi connectivity index (χ4n) is 3.74.